The van der Waals surface area contributed by atoms with Gasteiger partial charge in [-0.05, 0) is 80.2 Å². The molecule has 7 unspecified atom stereocenters. The quantitative estimate of drug-likeness (QED) is 0.145. The summed E-state index contributed by atoms with van der Waals surface area (Å²) in [7, 11) is 0. The van der Waals surface area contributed by atoms with E-state index in [1.165, 1.54) is 0 Å². The van der Waals surface area contributed by atoms with Crippen LogP contribution < -0.4 is 5.32 Å². The molecule has 0 radical (unpaired) electrons. The number of hydrogen-bond donors (Lipinski definition) is 4. The lowest BCUT2D eigenvalue weighted by atomic mass is 9.73. The van der Waals surface area contributed by atoms with Crippen molar-refractivity contribution in [1.82, 2.24) is 10.3 Å². The highest BCUT2D eigenvalue weighted by Gasteiger charge is 2.47. The van der Waals surface area contributed by atoms with Crippen molar-refractivity contribution in [2.75, 3.05) is 6.61 Å². The van der Waals surface area contributed by atoms with Crippen LogP contribution in [0.15, 0.2) is 71.3 Å². The van der Waals surface area contributed by atoms with Crippen molar-refractivity contribution in [2.24, 2.45) is 11.8 Å². The molecule has 3 heterocycles. The summed E-state index contributed by atoms with van der Waals surface area (Å²) >= 11 is 0. The van der Waals surface area contributed by atoms with Crippen LogP contribution in [0.3, 0.4) is 0 Å². The van der Waals surface area contributed by atoms with Crippen molar-refractivity contribution in [3.8, 4) is 29.4 Å². The number of hydrogen-bond acceptors (Lipinski definition) is 9. The maximum absolute atomic E-state index is 14.6. The van der Waals surface area contributed by atoms with E-state index in [0.717, 1.165) is 16.3 Å². The molecule has 4 N–H and O–H groups in total. The first-order valence-electron chi connectivity index (χ1n) is 19.3. The van der Waals surface area contributed by atoms with Crippen molar-refractivity contribution in [2.45, 2.75) is 116 Å². The Morgan fingerprint density at radius 3 is 2.69 bits per heavy atom. The Kier molecular flexibility index (Phi) is 11.2. The molecule has 0 amide bonds. The highest BCUT2D eigenvalue weighted by atomic mass is 16.7. The van der Waals surface area contributed by atoms with Gasteiger partial charge >= 0.3 is 0 Å². The number of aromatic nitrogens is 1. The number of nitrogens with one attached hydrogen (secondary N) is 2. The number of rotatable bonds is 9. The lowest BCUT2D eigenvalue weighted by molar-refractivity contribution is -0.301. The summed E-state index contributed by atoms with van der Waals surface area (Å²) in [6, 6.07) is 11.2. The highest BCUT2D eigenvalue weighted by Crippen LogP contribution is 2.41. The number of H-pyrrole nitrogens is 1. The number of aromatic amines is 1. The van der Waals surface area contributed by atoms with E-state index in [1.807, 2.05) is 38.1 Å². The summed E-state index contributed by atoms with van der Waals surface area (Å²) in [6.45, 7) is 12.4. The SMILES string of the molecule is CC/C=C1\C2=C(C)C(=O)C[C@@]1(O)C#C/C=C\C#C[C@@H]2OC1OC(C)C(C(=O)c2cccc3c2[nH]c2ccc(O)cc23)CC1OC1CC(C)C(NC(C)C)CO1. The number of allylic oxidation sites excluding steroid dienone is 4. The second-order valence-corrected chi connectivity index (χ2v) is 15.5. The molecule has 4 aliphatic rings. The Labute approximate surface area is 322 Å². The van der Waals surface area contributed by atoms with Crippen LogP contribution in [-0.4, -0.2) is 81.9 Å². The van der Waals surface area contributed by atoms with Gasteiger partial charge in [0, 0.05) is 45.9 Å². The molecule has 1 aromatic heterocycles. The van der Waals surface area contributed by atoms with Gasteiger partial charge in [-0.2, -0.15) is 0 Å². The first-order valence-corrected chi connectivity index (χ1v) is 19.3. The van der Waals surface area contributed by atoms with Crippen molar-refractivity contribution in [1.29, 1.82) is 0 Å². The predicted molar refractivity (Wildman–Crippen MR) is 210 cm³/mol. The third-order valence-corrected chi connectivity index (χ3v) is 11.2. The molecule has 9 atom stereocenters. The molecule has 10 heteroatoms. The van der Waals surface area contributed by atoms with Gasteiger partial charge in [0.2, 0.25) is 0 Å². The monoisotopic (exact) mass is 746 g/mol. The zero-order valence-electron chi connectivity index (χ0n) is 32.3. The molecule has 3 aromatic rings. The first kappa shape index (κ1) is 38.7. The second kappa shape index (κ2) is 15.9. The number of Topliss-reactive ketones (excluding diaryl/α,β-unsaturated/α-hetero) is 2. The number of ketones is 2. The Morgan fingerprint density at radius 1 is 1.13 bits per heavy atom. The molecule has 7 rings (SSSR count). The molecule has 2 saturated heterocycles. The summed E-state index contributed by atoms with van der Waals surface area (Å²) < 4.78 is 26.5. The maximum atomic E-state index is 14.6. The van der Waals surface area contributed by atoms with Crippen molar-refractivity contribution >= 4 is 33.4 Å². The molecule has 2 aromatic carbocycles. The maximum Gasteiger partial charge on any atom is 0.186 e. The van der Waals surface area contributed by atoms with Gasteiger partial charge in [0.05, 0.1) is 30.6 Å². The number of aromatic hydroxyl groups is 1. The molecule has 0 spiro atoms. The minimum absolute atomic E-state index is 0.114. The first-order chi connectivity index (χ1) is 26.4. The lowest BCUT2D eigenvalue weighted by Crippen LogP contribution is -2.53. The van der Waals surface area contributed by atoms with Crippen LogP contribution in [0.25, 0.3) is 21.8 Å². The van der Waals surface area contributed by atoms with E-state index in [0.29, 0.717) is 53.3 Å². The summed E-state index contributed by atoms with van der Waals surface area (Å²) in [5.41, 5.74) is 1.70. The van der Waals surface area contributed by atoms with E-state index in [9.17, 15) is 19.8 Å². The minimum atomic E-state index is -1.71. The van der Waals surface area contributed by atoms with Crippen LogP contribution in [0.2, 0.25) is 0 Å². The van der Waals surface area contributed by atoms with E-state index in [4.69, 9.17) is 18.9 Å². The number of carbonyl (C=O) groups excluding carboxylic acids is 2. The number of ether oxygens (including phenoxy) is 4. The highest BCUT2D eigenvalue weighted by molar-refractivity contribution is 6.16. The van der Waals surface area contributed by atoms with Gasteiger partial charge in [0.15, 0.2) is 29.7 Å². The molecule has 2 bridgehead atoms. The van der Waals surface area contributed by atoms with Gasteiger partial charge < -0.3 is 39.5 Å². The Morgan fingerprint density at radius 2 is 1.93 bits per heavy atom. The molecular weight excluding hydrogens is 697 g/mol. The summed E-state index contributed by atoms with van der Waals surface area (Å²) in [4.78, 5) is 31.4. The smallest absolute Gasteiger partial charge is 0.186 e. The van der Waals surface area contributed by atoms with E-state index < -0.39 is 42.4 Å². The number of phenolic OH excluding ortho intramolecular Hbond substituents is 1. The normalized spacial score (nSPS) is 32.3. The number of aliphatic hydroxyl groups is 1. The summed E-state index contributed by atoms with van der Waals surface area (Å²) in [5, 5.41) is 27.2. The van der Waals surface area contributed by atoms with Crippen LogP contribution in [0.5, 0.6) is 5.75 Å². The molecule has 2 aliphatic heterocycles. The van der Waals surface area contributed by atoms with Crippen molar-refractivity contribution in [3.05, 3.63) is 76.9 Å². The lowest BCUT2D eigenvalue weighted by Gasteiger charge is -2.44. The van der Waals surface area contributed by atoms with Gasteiger partial charge in [0.1, 0.15) is 18.0 Å². The van der Waals surface area contributed by atoms with Gasteiger partial charge in [0.25, 0.3) is 0 Å². The van der Waals surface area contributed by atoms with Crippen LogP contribution >= 0.6 is 0 Å². The van der Waals surface area contributed by atoms with E-state index in [2.05, 4.69) is 54.8 Å². The Bertz CT molecular complexity index is 2210. The Hall–Kier alpha value is -4.52. The molecular formula is C45H50N2O8. The van der Waals surface area contributed by atoms with Gasteiger partial charge in [-0.1, -0.05) is 69.6 Å². The van der Waals surface area contributed by atoms with Gasteiger partial charge in [-0.15, -0.1) is 0 Å². The van der Waals surface area contributed by atoms with Crippen molar-refractivity contribution in [3.63, 3.8) is 0 Å². The number of fused-ring (bicyclic) bond motifs is 5. The average Bonchev–Trinajstić information content (AvgIpc) is 3.51. The molecule has 288 valence electrons. The van der Waals surface area contributed by atoms with Crippen LogP contribution in [0, 0.1) is 35.5 Å². The zero-order valence-corrected chi connectivity index (χ0v) is 32.3. The van der Waals surface area contributed by atoms with Crippen LogP contribution in [0.1, 0.15) is 77.6 Å². The standard InChI is InChI=1S/C45H50N2O8/c1-7-13-34-41-27(5)37(49)23-45(34,51)19-11-9-8-10-16-38(41)55-44-39(54-40-20-26(4)36(24-52-40)46-25(2)3)22-32(28(6)53-44)43(50)31-15-12-14-30-33-21-29(48)17-18-35(33)47-42(30)31/h8-9,12-15,17-18,21,25-26,28,32,36,38-40,44,46-48,51H,7,20,22-24H2,1-6H3/b9-8-,34-13+/t26?,28?,32?,36?,38-,39?,40?,44?,45-/m0/s1. The molecule has 2 fully saturated rings. The summed E-state index contributed by atoms with van der Waals surface area (Å²) in [6.07, 6.45) is 2.35. The van der Waals surface area contributed by atoms with Crippen LogP contribution in [-0.2, 0) is 23.7 Å². The topological polar surface area (TPSA) is 139 Å². The minimum Gasteiger partial charge on any atom is -0.508 e. The molecule has 0 saturated carbocycles. The van der Waals surface area contributed by atoms with E-state index in [-0.39, 0.29) is 42.1 Å². The molecule has 10 nitrogen and oxygen atoms in total. The molecule has 2 aliphatic carbocycles. The van der Waals surface area contributed by atoms with Crippen LogP contribution in [0.4, 0.5) is 0 Å². The average molecular weight is 747 g/mol. The number of phenols is 1. The van der Waals surface area contributed by atoms with E-state index >= 15 is 0 Å². The van der Waals surface area contributed by atoms with E-state index in [1.54, 1.807) is 37.3 Å². The fourth-order valence-corrected chi connectivity index (χ4v) is 8.31. The third kappa shape index (κ3) is 7.81. The third-order valence-electron chi connectivity index (χ3n) is 11.2. The summed E-state index contributed by atoms with van der Waals surface area (Å²) in [5.74, 6) is 11.3. The van der Waals surface area contributed by atoms with Crippen molar-refractivity contribution < 1.29 is 38.7 Å². The van der Waals surface area contributed by atoms with Gasteiger partial charge in [-0.3, -0.25) is 9.59 Å². The second-order valence-electron chi connectivity index (χ2n) is 15.5. The fourth-order valence-electron chi connectivity index (χ4n) is 8.31. The fraction of sp³-hybridized carbons (Fsp3) is 0.467. The zero-order chi connectivity index (χ0) is 39.0. The number of para-hydroxylation sites is 1. The predicted octanol–water partition coefficient (Wildman–Crippen LogP) is 6.41. The largest absolute Gasteiger partial charge is 0.508 e. The van der Waals surface area contributed by atoms with Gasteiger partial charge in [-0.25, -0.2) is 0 Å². The Balaban J connectivity index is 1.23. The number of benzene rings is 2. The molecule has 55 heavy (non-hydrogen) atoms. The number of carbonyl (C=O) groups is 2.